The summed E-state index contributed by atoms with van der Waals surface area (Å²) < 4.78 is 25.4. The van der Waals surface area contributed by atoms with Crippen LogP contribution >= 0.6 is 23.4 Å². The van der Waals surface area contributed by atoms with E-state index in [1.54, 1.807) is 8.61 Å². The van der Waals surface area contributed by atoms with Crippen LogP contribution in [-0.4, -0.2) is 33.5 Å². The van der Waals surface area contributed by atoms with Crippen LogP contribution in [0.4, 0.5) is 11.4 Å². The minimum Gasteiger partial charge on any atom is -0.320 e. The molecule has 0 atom stereocenters. The van der Waals surface area contributed by atoms with Gasteiger partial charge in [-0.25, -0.2) is 4.31 Å². The van der Waals surface area contributed by atoms with E-state index in [1.165, 1.54) is 0 Å². The lowest BCUT2D eigenvalue weighted by molar-refractivity contribution is 0.331. The van der Waals surface area contributed by atoms with E-state index in [1.807, 2.05) is 61.6 Å². The highest BCUT2D eigenvalue weighted by Gasteiger charge is 2.37. The SMILES string of the molecule is CNCCCN1Cc2ccccc2N(c2ccccc2)S1(O)O.Cl. The molecule has 0 radical (unpaired) electrons. The number of rotatable bonds is 5. The summed E-state index contributed by atoms with van der Waals surface area (Å²) in [7, 11) is -1.17. The van der Waals surface area contributed by atoms with E-state index in [4.69, 9.17) is 0 Å². The molecule has 3 rings (SSSR count). The Hall–Kier alpha value is -1.28. The molecule has 5 nitrogen and oxygen atoms in total. The minimum absolute atomic E-state index is 0. The third-order valence-electron chi connectivity index (χ3n) is 3.97. The van der Waals surface area contributed by atoms with Crippen molar-refractivity contribution in [1.82, 2.24) is 9.62 Å². The van der Waals surface area contributed by atoms with Gasteiger partial charge in [-0.1, -0.05) is 36.4 Å². The van der Waals surface area contributed by atoms with Gasteiger partial charge >= 0.3 is 0 Å². The summed E-state index contributed by atoms with van der Waals surface area (Å²) in [4.78, 5) is 0. The van der Waals surface area contributed by atoms with Crippen LogP contribution in [0.3, 0.4) is 0 Å². The van der Waals surface area contributed by atoms with Gasteiger partial charge in [0.25, 0.3) is 0 Å². The maximum absolute atomic E-state index is 11.0. The number of fused-ring (bicyclic) bond motifs is 1. The van der Waals surface area contributed by atoms with Gasteiger partial charge < -0.3 is 5.32 Å². The summed E-state index contributed by atoms with van der Waals surface area (Å²) in [5, 5.41) is 3.10. The predicted octanol–water partition coefficient (Wildman–Crippen LogP) is 4.25. The first-order chi connectivity index (χ1) is 11.1. The van der Waals surface area contributed by atoms with Crippen molar-refractivity contribution < 1.29 is 9.11 Å². The Bertz CT molecular complexity index is 657. The minimum atomic E-state index is -3.07. The van der Waals surface area contributed by atoms with E-state index < -0.39 is 11.0 Å². The standard InChI is InChI=1S/C17H23N3O2S.ClH/c1-18-12-7-13-19-14-15-8-5-6-11-17(15)20(23(19,21)22)16-9-3-2-4-10-16;/h2-6,8-11,18,21-22H,7,12-14H2,1H3;1H. The lowest BCUT2D eigenvalue weighted by Crippen LogP contribution is -2.42. The highest BCUT2D eigenvalue weighted by molar-refractivity contribution is 8.23. The summed E-state index contributed by atoms with van der Waals surface area (Å²) in [5.74, 6) is 0. The van der Waals surface area contributed by atoms with Crippen LogP contribution in [-0.2, 0) is 6.54 Å². The van der Waals surface area contributed by atoms with E-state index in [9.17, 15) is 9.11 Å². The number of anilines is 2. The van der Waals surface area contributed by atoms with E-state index in [-0.39, 0.29) is 12.4 Å². The van der Waals surface area contributed by atoms with Gasteiger partial charge in [0.2, 0.25) is 0 Å². The molecule has 24 heavy (non-hydrogen) atoms. The Labute approximate surface area is 151 Å². The van der Waals surface area contributed by atoms with Gasteiger partial charge in [0.1, 0.15) is 0 Å². The molecular weight excluding hydrogens is 346 g/mol. The molecule has 0 saturated heterocycles. The topological polar surface area (TPSA) is 59.0 Å². The van der Waals surface area contributed by atoms with Gasteiger partial charge in [0.05, 0.1) is 11.4 Å². The molecular formula is C17H24ClN3O2S. The average Bonchev–Trinajstić information content (AvgIpc) is 2.56. The monoisotopic (exact) mass is 369 g/mol. The molecule has 0 aliphatic carbocycles. The lowest BCUT2D eigenvalue weighted by atomic mass is 10.1. The molecule has 0 spiro atoms. The Morgan fingerprint density at radius 3 is 2.42 bits per heavy atom. The summed E-state index contributed by atoms with van der Waals surface area (Å²) >= 11 is 0. The summed E-state index contributed by atoms with van der Waals surface area (Å²) in [6, 6.07) is 17.5. The highest BCUT2D eigenvalue weighted by Crippen LogP contribution is 2.58. The number of nitrogens with zero attached hydrogens (tertiary/aromatic N) is 2. The fraction of sp³-hybridized carbons (Fsp3) is 0.294. The predicted molar refractivity (Wildman–Crippen MR) is 104 cm³/mol. The average molecular weight is 370 g/mol. The number of hydrogen-bond donors (Lipinski definition) is 3. The Morgan fingerprint density at radius 1 is 1.04 bits per heavy atom. The second-order valence-corrected chi connectivity index (χ2v) is 7.43. The van der Waals surface area contributed by atoms with Crippen molar-refractivity contribution in [2.24, 2.45) is 0 Å². The zero-order valence-electron chi connectivity index (χ0n) is 13.6. The van der Waals surface area contributed by atoms with Crippen LogP contribution in [0.25, 0.3) is 0 Å². The molecule has 0 fully saturated rings. The molecule has 1 aliphatic rings. The van der Waals surface area contributed by atoms with Crippen LogP contribution < -0.4 is 9.62 Å². The third kappa shape index (κ3) is 3.69. The lowest BCUT2D eigenvalue weighted by Gasteiger charge is -2.54. The maximum atomic E-state index is 11.0. The van der Waals surface area contributed by atoms with Crippen LogP contribution in [0.15, 0.2) is 54.6 Å². The Balaban J connectivity index is 0.00000208. The molecule has 0 saturated carbocycles. The quantitative estimate of drug-likeness (QED) is 0.688. The van der Waals surface area contributed by atoms with Gasteiger partial charge in [-0.2, -0.15) is 4.31 Å². The first-order valence-electron chi connectivity index (χ1n) is 7.76. The van der Waals surface area contributed by atoms with E-state index in [0.29, 0.717) is 13.1 Å². The summed E-state index contributed by atoms with van der Waals surface area (Å²) in [6.45, 7) is 2.02. The van der Waals surface area contributed by atoms with Crippen molar-refractivity contribution in [2.45, 2.75) is 13.0 Å². The van der Waals surface area contributed by atoms with Crippen molar-refractivity contribution in [2.75, 3.05) is 24.4 Å². The second kappa shape index (κ2) is 8.20. The number of halogens is 1. The number of para-hydroxylation sites is 2. The summed E-state index contributed by atoms with van der Waals surface area (Å²) in [6.07, 6.45) is 0.858. The number of hydrogen-bond acceptors (Lipinski definition) is 5. The molecule has 0 aromatic heterocycles. The first kappa shape index (κ1) is 19.1. The normalized spacial score (nSPS) is 17.7. The van der Waals surface area contributed by atoms with E-state index >= 15 is 0 Å². The van der Waals surface area contributed by atoms with Crippen LogP contribution in [0, 0.1) is 0 Å². The molecule has 0 amide bonds. The summed E-state index contributed by atoms with van der Waals surface area (Å²) in [5.41, 5.74) is 2.76. The molecule has 7 heteroatoms. The third-order valence-corrected chi connectivity index (χ3v) is 5.88. The smallest absolute Gasteiger partial charge is 0.0686 e. The molecule has 2 aromatic carbocycles. The number of nitrogens with one attached hydrogen (secondary N) is 1. The van der Waals surface area contributed by atoms with Crippen LogP contribution in [0.2, 0.25) is 0 Å². The zero-order valence-corrected chi connectivity index (χ0v) is 15.3. The van der Waals surface area contributed by atoms with Crippen molar-refractivity contribution in [3.63, 3.8) is 0 Å². The molecule has 0 bridgehead atoms. The van der Waals surface area contributed by atoms with Gasteiger partial charge in [0.15, 0.2) is 0 Å². The Kier molecular flexibility index (Phi) is 6.51. The van der Waals surface area contributed by atoms with Crippen LogP contribution in [0.5, 0.6) is 0 Å². The molecule has 1 heterocycles. The fourth-order valence-corrected chi connectivity index (χ4v) is 4.61. The molecule has 1 aliphatic heterocycles. The van der Waals surface area contributed by atoms with Gasteiger partial charge in [0, 0.05) is 13.1 Å². The molecule has 3 N–H and O–H groups in total. The molecule has 2 aromatic rings. The van der Waals surface area contributed by atoms with E-state index in [0.717, 1.165) is 29.9 Å². The van der Waals surface area contributed by atoms with Crippen molar-refractivity contribution in [1.29, 1.82) is 0 Å². The highest BCUT2D eigenvalue weighted by atomic mass is 35.5. The first-order valence-corrected chi connectivity index (χ1v) is 9.22. The van der Waals surface area contributed by atoms with Crippen LogP contribution in [0.1, 0.15) is 12.0 Å². The van der Waals surface area contributed by atoms with Gasteiger partial charge in [-0.3, -0.25) is 9.11 Å². The molecule has 0 unspecified atom stereocenters. The van der Waals surface area contributed by atoms with Crippen molar-refractivity contribution >= 4 is 34.7 Å². The van der Waals surface area contributed by atoms with Crippen molar-refractivity contribution in [3.8, 4) is 0 Å². The fourth-order valence-electron chi connectivity index (χ4n) is 2.84. The number of benzene rings is 2. The van der Waals surface area contributed by atoms with Gasteiger partial charge in [-0.05, 0) is 54.7 Å². The maximum Gasteiger partial charge on any atom is 0.0686 e. The van der Waals surface area contributed by atoms with E-state index in [2.05, 4.69) is 5.32 Å². The Morgan fingerprint density at radius 2 is 1.71 bits per heavy atom. The van der Waals surface area contributed by atoms with Gasteiger partial charge in [-0.15, -0.1) is 12.4 Å². The van der Waals surface area contributed by atoms with Crippen molar-refractivity contribution in [3.05, 3.63) is 60.2 Å². The second-order valence-electron chi connectivity index (χ2n) is 5.57. The zero-order chi connectivity index (χ0) is 16.3. The molecule has 132 valence electrons. The largest absolute Gasteiger partial charge is 0.320 e.